The molecule has 184 valence electrons. The van der Waals surface area contributed by atoms with E-state index in [9.17, 15) is 19.3 Å². The summed E-state index contributed by atoms with van der Waals surface area (Å²) in [4.78, 5) is 28.4. The first kappa shape index (κ1) is 23.2. The monoisotopic (exact) mass is 491 g/mol. The number of benzene rings is 2. The summed E-state index contributed by atoms with van der Waals surface area (Å²) in [6, 6.07) is 16.8. The van der Waals surface area contributed by atoms with Crippen LogP contribution in [0.2, 0.25) is 0 Å². The Labute approximate surface area is 204 Å². The summed E-state index contributed by atoms with van der Waals surface area (Å²) in [7, 11) is 0. The van der Waals surface area contributed by atoms with Crippen LogP contribution in [0.4, 0.5) is 21.6 Å². The zero-order valence-electron chi connectivity index (χ0n) is 19.1. The number of hydrogen-bond donors (Lipinski definition) is 0. The fourth-order valence-corrected chi connectivity index (χ4v) is 4.19. The van der Waals surface area contributed by atoms with Gasteiger partial charge in [0, 0.05) is 25.1 Å². The molecule has 0 aliphatic carbocycles. The summed E-state index contributed by atoms with van der Waals surface area (Å²) in [5.74, 6) is -0.696. The Kier molecular flexibility index (Phi) is 6.44. The van der Waals surface area contributed by atoms with Crippen LogP contribution in [-0.2, 0) is 6.54 Å². The number of nitro groups is 1. The summed E-state index contributed by atoms with van der Waals surface area (Å²) >= 11 is 0. The molecule has 4 aromatic rings. The van der Waals surface area contributed by atoms with Crippen molar-refractivity contribution in [1.82, 2.24) is 9.78 Å². The second kappa shape index (κ2) is 9.98. The standard InChI is InChI=1S/C25H22FN5O5/c26-21-14-19(27-15-20-7-9-23(35-20)31(33)34)6-8-22(21)29-12-10-18(11-13-29)24-28-30(25(32)36-24)16-17-4-2-1-3-5-17/h1-9,14-15,18H,10-13,16H2/b27-15+. The molecule has 0 saturated carbocycles. The smallest absolute Gasteiger partial charge is 0.400 e. The second-order valence-corrected chi connectivity index (χ2v) is 8.44. The van der Waals surface area contributed by atoms with Gasteiger partial charge in [-0.05, 0) is 36.6 Å². The number of furan rings is 1. The van der Waals surface area contributed by atoms with Gasteiger partial charge in [-0.1, -0.05) is 30.3 Å². The highest BCUT2D eigenvalue weighted by Gasteiger charge is 2.27. The summed E-state index contributed by atoms with van der Waals surface area (Å²) in [6.45, 7) is 1.50. The molecule has 0 radical (unpaired) electrons. The van der Waals surface area contributed by atoms with Gasteiger partial charge in [-0.15, -0.1) is 5.10 Å². The van der Waals surface area contributed by atoms with Gasteiger partial charge in [0.15, 0.2) is 5.76 Å². The van der Waals surface area contributed by atoms with Crippen molar-refractivity contribution in [2.45, 2.75) is 25.3 Å². The molecule has 11 heteroatoms. The summed E-state index contributed by atoms with van der Waals surface area (Å²) in [6.07, 6.45) is 2.64. The van der Waals surface area contributed by atoms with Gasteiger partial charge in [0.2, 0.25) is 5.89 Å². The molecule has 0 spiro atoms. The summed E-state index contributed by atoms with van der Waals surface area (Å²) in [5.41, 5.74) is 1.77. The van der Waals surface area contributed by atoms with E-state index in [-0.39, 0.29) is 17.6 Å². The molecule has 0 bridgehead atoms. The van der Waals surface area contributed by atoms with Crippen LogP contribution in [0.25, 0.3) is 0 Å². The van der Waals surface area contributed by atoms with Crippen LogP contribution in [0.1, 0.15) is 36.0 Å². The van der Waals surface area contributed by atoms with Crippen LogP contribution in [0.5, 0.6) is 0 Å². The number of aliphatic imine (C=N–C) groups is 1. The minimum atomic E-state index is -0.640. The molecule has 1 saturated heterocycles. The molecule has 1 fully saturated rings. The van der Waals surface area contributed by atoms with E-state index in [2.05, 4.69) is 10.1 Å². The van der Waals surface area contributed by atoms with E-state index in [4.69, 9.17) is 8.83 Å². The van der Waals surface area contributed by atoms with Crippen LogP contribution in [-0.4, -0.2) is 34.0 Å². The molecule has 0 amide bonds. The Morgan fingerprint density at radius 1 is 1.11 bits per heavy atom. The van der Waals surface area contributed by atoms with E-state index >= 15 is 0 Å². The molecule has 5 rings (SSSR count). The third-order valence-electron chi connectivity index (χ3n) is 6.05. The van der Waals surface area contributed by atoms with Crippen LogP contribution < -0.4 is 10.7 Å². The van der Waals surface area contributed by atoms with Crippen LogP contribution in [0, 0.1) is 15.9 Å². The molecule has 0 atom stereocenters. The van der Waals surface area contributed by atoms with E-state index < -0.39 is 16.5 Å². The maximum absolute atomic E-state index is 14.8. The number of nitrogens with zero attached hydrogens (tertiary/aromatic N) is 5. The van der Waals surface area contributed by atoms with Crippen molar-refractivity contribution in [1.29, 1.82) is 0 Å². The van der Waals surface area contributed by atoms with Crippen molar-refractivity contribution in [3.8, 4) is 0 Å². The number of anilines is 1. The van der Waals surface area contributed by atoms with Crippen LogP contribution in [0.15, 0.2) is 79.3 Å². The molecule has 3 heterocycles. The van der Waals surface area contributed by atoms with Crippen molar-refractivity contribution in [3.63, 3.8) is 0 Å². The predicted molar refractivity (Wildman–Crippen MR) is 130 cm³/mol. The van der Waals surface area contributed by atoms with Crippen molar-refractivity contribution < 1.29 is 18.1 Å². The van der Waals surface area contributed by atoms with E-state index in [1.54, 1.807) is 12.1 Å². The Morgan fingerprint density at radius 3 is 2.58 bits per heavy atom. The van der Waals surface area contributed by atoms with Gasteiger partial charge in [-0.2, -0.15) is 4.68 Å². The molecule has 0 N–H and O–H groups in total. The molecular weight excluding hydrogens is 469 g/mol. The predicted octanol–water partition coefficient (Wildman–Crippen LogP) is 4.66. The highest BCUT2D eigenvalue weighted by molar-refractivity contribution is 5.79. The topological polar surface area (TPSA) is 120 Å². The molecule has 1 aliphatic rings. The number of halogens is 1. The van der Waals surface area contributed by atoms with Gasteiger partial charge in [0.1, 0.15) is 10.7 Å². The van der Waals surface area contributed by atoms with E-state index in [0.717, 1.165) is 5.56 Å². The lowest BCUT2D eigenvalue weighted by Crippen LogP contribution is -2.33. The lowest BCUT2D eigenvalue weighted by molar-refractivity contribution is -0.402. The minimum Gasteiger partial charge on any atom is -0.400 e. The van der Waals surface area contributed by atoms with Crippen molar-refractivity contribution in [3.05, 3.63) is 104 Å². The van der Waals surface area contributed by atoms with Crippen LogP contribution >= 0.6 is 0 Å². The largest absolute Gasteiger partial charge is 0.437 e. The van der Waals surface area contributed by atoms with Gasteiger partial charge in [-0.3, -0.25) is 15.1 Å². The SMILES string of the molecule is O=c1oc(C2CCN(c3ccc(/N=C/c4ccc([N+](=O)[O-])o4)cc3F)CC2)nn1Cc1ccccc1. The number of piperidine rings is 1. The highest BCUT2D eigenvalue weighted by atomic mass is 19.1. The summed E-state index contributed by atoms with van der Waals surface area (Å²) in [5, 5.41) is 15.1. The maximum Gasteiger partial charge on any atom is 0.437 e. The fraction of sp³-hybridized carbons (Fsp3) is 0.240. The van der Waals surface area contributed by atoms with Gasteiger partial charge >= 0.3 is 11.6 Å². The first-order valence-corrected chi connectivity index (χ1v) is 11.4. The molecule has 36 heavy (non-hydrogen) atoms. The molecule has 0 unspecified atom stereocenters. The van der Waals surface area contributed by atoms with E-state index in [1.165, 1.54) is 29.1 Å². The molecule has 10 nitrogen and oxygen atoms in total. The number of aromatic nitrogens is 2. The maximum atomic E-state index is 14.8. The second-order valence-electron chi connectivity index (χ2n) is 8.44. The fourth-order valence-electron chi connectivity index (χ4n) is 4.19. The minimum absolute atomic E-state index is 0.0183. The lowest BCUT2D eigenvalue weighted by Gasteiger charge is -2.32. The Hall–Kier alpha value is -4.54. The number of hydrogen-bond acceptors (Lipinski definition) is 8. The Morgan fingerprint density at radius 2 is 1.89 bits per heavy atom. The highest BCUT2D eigenvalue weighted by Crippen LogP contribution is 2.32. The Balaban J connectivity index is 1.21. The first-order chi connectivity index (χ1) is 17.5. The summed E-state index contributed by atoms with van der Waals surface area (Å²) < 4.78 is 26.6. The van der Waals surface area contributed by atoms with Crippen molar-refractivity contribution in [2.24, 2.45) is 4.99 Å². The van der Waals surface area contributed by atoms with Gasteiger partial charge < -0.3 is 13.7 Å². The van der Waals surface area contributed by atoms with Gasteiger partial charge in [-0.25, -0.2) is 9.18 Å². The third kappa shape index (κ3) is 5.09. The Bertz CT molecular complexity index is 1450. The van der Waals surface area contributed by atoms with E-state index in [0.29, 0.717) is 49.7 Å². The molecule has 1 aliphatic heterocycles. The molecular formula is C25H22FN5O5. The van der Waals surface area contributed by atoms with Crippen molar-refractivity contribution in [2.75, 3.05) is 18.0 Å². The van der Waals surface area contributed by atoms with E-state index in [1.807, 2.05) is 35.2 Å². The molecule has 2 aromatic carbocycles. The number of rotatable bonds is 7. The van der Waals surface area contributed by atoms with Crippen molar-refractivity contribution >= 4 is 23.5 Å². The third-order valence-corrected chi connectivity index (χ3v) is 6.05. The zero-order valence-corrected chi connectivity index (χ0v) is 19.1. The first-order valence-electron chi connectivity index (χ1n) is 11.4. The average Bonchev–Trinajstić information content (AvgIpc) is 3.51. The van der Waals surface area contributed by atoms with Gasteiger partial charge in [0.05, 0.1) is 30.2 Å². The quantitative estimate of drug-likeness (QED) is 0.209. The normalized spacial score (nSPS) is 14.5. The molecule has 2 aromatic heterocycles. The van der Waals surface area contributed by atoms with Gasteiger partial charge in [0.25, 0.3) is 0 Å². The zero-order chi connectivity index (χ0) is 25.1. The average molecular weight is 491 g/mol. The van der Waals surface area contributed by atoms with Crippen LogP contribution in [0.3, 0.4) is 0 Å². The lowest BCUT2D eigenvalue weighted by atomic mass is 9.96.